The van der Waals surface area contributed by atoms with Gasteiger partial charge >= 0.3 is 0 Å². The molecule has 4 aromatic rings. The molecule has 1 heterocycles. The molecule has 0 fully saturated rings. The number of carbonyl (C=O) groups is 1. The Morgan fingerprint density at radius 3 is 2.50 bits per heavy atom. The number of halogens is 2. The fraction of sp³-hybridized carbons (Fsp3) is 0.167. The number of oxazole rings is 1. The van der Waals surface area contributed by atoms with Gasteiger partial charge in [-0.3, -0.25) is 4.79 Å². The number of anilines is 1. The van der Waals surface area contributed by atoms with Crippen molar-refractivity contribution >= 4 is 45.9 Å². The van der Waals surface area contributed by atoms with Crippen molar-refractivity contribution in [3.63, 3.8) is 0 Å². The van der Waals surface area contributed by atoms with Gasteiger partial charge in [0.2, 0.25) is 5.89 Å². The Labute approximate surface area is 184 Å². The van der Waals surface area contributed by atoms with Gasteiger partial charge in [-0.2, -0.15) is 0 Å². The van der Waals surface area contributed by atoms with Crippen LogP contribution in [0.5, 0.6) is 0 Å². The number of carbonyl (C=O) groups excluding carboxylic acids is 1. The third-order valence-electron chi connectivity index (χ3n) is 5.16. The van der Waals surface area contributed by atoms with Crippen LogP contribution in [0.3, 0.4) is 0 Å². The predicted octanol–water partition coefficient (Wildman–Crippen LogP) is 7.57. The van der Waals surface area contributed by atoms with Crippen LogP contribution < -0.4 is 5.32 Å². The average Bonchev–Trinajstić information content (AvgIpc) is 3.19. The molecule has 0 aliphatic carbocycles. The molecule has 0 unspecified atom stereocenters. The molecule has 4 rings (SSSR count). The Morgan fingerprint density at radius 2 is 1.80 bits per heavy atom. The molecular formula is C24H20Cl2N2O2. The number of nitrogens with one attached hydrogen (secondary N) is 1. The molecule has 0 bridgehead atoms. The Balaban J connectivity index is 1.53. The van der Waals surface area contributed by atoms with Gasteiger partial charge in [-0.1, -0.05) is 43.1 Å². The maximum absolute atomic E-state index is 12.4. The number of amides is 1. The van der Waals surface area contributed by atoms with Crippen molar-refractivity contribution in [1.82, 2.24) is 4.98 Å². The Morgan fingerprint density at radius 1 is 1.03 bits per heavy atom. The van der Waals surface area contributed by atoms with Crippen molar-refractivity contribution in [1.29, 1.82) is 0 Å². The van der Waals surface area contributed by atoms with Crippen LogP contribution in [0.2, 0.25) is 10.0 Å². The lowest BCUT2D eigenvalue weighted by Gasteiger charge is -2.07. The average molecular weight is 439 g/mol. The van der Waals surface area contributed by atoms with Crippen molar-refractivity contribution in [2.75, 3.05) is 5.32 Å². The fourth-order valence-electron chi connectivity index (χ4n) is 3.15. The van der Waals surface area contributed by atoms with Crippen LogP contribution in [-0.2, 0) is 0 Å². The number of nitrogens with zero attached hydrogens (tertiary/aromatic N) is 1. The maximum atomic E-state index is 12.4. The first kappa shape index (κ1) is 20.5. The number of hydrogen-bond acceptors (Lipinski definition) is 3. The third-order valence-corrected chi connectivity index (χ3v) is 5.90. The summed E-state index contributed by atoms with van der Waals surface area (Å²) < 4.78 is 5.91. The lowest BCUT2D eigenvalue weighted by atomic mass is 9.98. The normalized spacial score (nSPS) is 12.1. The van der Waals surface area contributed by atoms with Crippen LogP contribution >= 0.6 is 23.2 Å². The minimum Gasteiger partial charge on any atom is -0.436 e. The summed E-state index contributed by atoms with van der Waals surface area (Å²) in [7, 11) is 0. The van der Waals surface area contributed by atoms with Gasteiger partial charge in [-0.05, 0) is 72.5 Å². The second-order valence-corrected chi connectivity index (χ2v) is 8.03. The first-order valence-electron chi connectivity index (χ1n) is 9.72. The SMILES string of the molecule is CC[C@@H](C)c1ccc2oc(-c3ccc(NC(=O)c4ccc(Cl)c(Cl)c4)cc3)nc2c1. The largest absolute Gasteiger partial charge is 0.436 e. The van der Waals surface area contributed by atoms with Crippen LogP contribution in [0.25, 0.3) is 22.6 Å². The summed E-state index contributed by atoms with van der Waals surface area (Å²) in [5.74, 6) is 0.766. The number of aromatic nitrogens is 1. The molecule has 30 heavy (non-hydrogen) atoms. The van der Waals surface area contributed by atoms with Gasteiger partial charge in [-0.15, -0.1) is 0 Å². The van der Waals surface area contributed by atoms with E-state index in [-0.39, 0.29) is 5.91 Å². The lowest BCUT2D eigenvalue weighted by Crippen LogP contribution is -2.11. The van der Waals surface area contributed by atoms with Crippen molar-refractivity contribution in [2.45, 2.75) is 26.2 Å². The van der Waals surface area contributed by atoms with E-state index >= 15 is 0 Å². The Hall–Kier alpha value is -2.82. The van der Waals surface area contributed by atoms with E-state index in [0.29, 0.717) is 33.1 Å². The van der Waals surface area contributed by atoms with Gasteiger partial charge in [0.05, 0.1) is 10.0 Å². The van der Waals surface area contributed by atoms with Crippen LogP contribution in [0.15, 0.2) is 65.1 Å². The number of fused-ring (bicyclic) bond motifs is 1. The molecule has 1 N–H and O–H groups in total. The first-order chi connectivity index (χ1) is 14.4. The van der Waals surface area contributed by atoms with E-state index in [1.54, 1.807) is 18.2 Å². The van der Waals surface area contributed by atoms with Gasteiger partial charge in [0.1, 0.15) is 5.52 Å². The molecule has 1 atom stereocenters. The third kappa shape index (κ3) is 4.20. The maximum Gasteiger partial charge on any atom is 0.255 e. The highest BCUT2D eigenvalue weighted by Gasteiger charge is 2.12. The molecule has 0 radical (unpaired) electrons. The lowest BCUT2D eigenvalue weighted by molar-refractivity contribution is 0.102. The predicted molar refractivity (Wildman–Crippen MR) is 123 cm³/mol. The number of rotatable bonds is 5. The van der Waals surface area contributed by atoms with Crippen LogP contribution in [0, 0.1) is 0 Å². The quantitative estimate of drug-likeness (QED) is 0.349. The second-order valence-electron chi connectivity index (χ2n) is 7.22. The second kappa shape index (κ2) is 8.50. The van der Waals surface area contributed by atoms with E-state index in [9.17, 15) is 4.79 Å². The van der Waals surface area contributed by atoms with Gasteiger partial charge in [0.15, 0.2) is 5.58 Å². The van der Waals surface area contributed by atoms with Gasteiger partial charge in [0, 0.05) is 16.8 Å². The zero-order valence-electron chi connectivity index (χ0n) is 16.6. The van der Waals surface area contributed by atoms with E-state index in [4.69, 9.17) is 27.6 Å². The molecule has 0 aliphatic heterocycles. The topological polar surface area (TPSA) is 55.1 Å². The molecule has 0 spiro atoms. The summed E-state index contributed by atoms with van der Waals surface area (Å²) in [4.78, 5) is 17.1. The molecule has 0 saturated heterocycles. The highest BCUT2D eigenvalue weighted by atomic mass is 35.5. The van der Waals surface area contributed by atoms with Crippen molar-refractivity contribution in [3.05, 3.63) is 81.8 Å². The molecule has 0 saturated carbocycles. The molecular weight excluding hydrogens is 419 g/mol. The van der Waals surface area contributed by atoms with E-state index in [1.165, 1.54) is 5.56 Å². The summed E-state index contributed by atoms with van der Waals surface area (Å²) in [6.07, 6.45) is 1.08. The Kier molecular flexibility index (Phi) is 5.80. The summed E-state index contributed by atoms with van der Waals surface area (Å²) in [5.41, 5.74) is 4.79. The minimum atomic E-state index is -0.263. The van der Waals surface area contributed by atoms with Crippen LogP contribution in [0.4, 0.5) is 5.69 Å². The van der Waals surface area contributed by atoms with Crippen LogP contribution in [-0.4, -0.2) is 10.9 Å². The molecule has 152 valence electrons. The summed E-state index contributed by atoms with van der Waals surface area (Å²) in [6, 6.07) is 18.3. The first-order valence-corrected chi connectivity index (χ1v) is 10.5. The molecule has 6 heteroatoms. The standard InChI is InChI=1S/C24H20Cl2N2O2/c1-3-14(2)16-7-11-22-21(13-16)28-24(30-22)15-4-8-18(9-5-15)27-23(29)17-6-10-19(25)20(26)12-17/h4-14H,3H2,1-2H3,(H,27,29)/t14-/m1/s1. The number of hydrogen-bond donors (Lipinski definition) is 1. The van der Waals surface area contributed by atoms with Gasteiger partial charge in [-0.25, -0.2) is 4.98 Å². The fourth-order valence-corrected chi connectivity index (χ4v) is 3.45. The molecule has 3 aromatic carbocycles. The van der Waals surface area contributed by atoms with Crippen molar-refractivity contribution in [2.24, 2.45) is 0 Å². The van der Waals surface area contributed by atoms with Crippen LogP contribution in [0.1, 0.15) is 42.1 Å². The highest BCUT2D eigenvalue weighted by molar-refractivity contribution is 6.42. The van der Waals surface area contributed by atoms with E-state index in [2.05, 4.69) is 36.3 Å². The number of benzene rings is 3. The molecule has 1 amide bonds. The molecule has 1 aromatic heterocycles. The van der Waals surface area contributed by atoms with Crippen molar-refractivity contribution < 1.29 is 9.21 Å². The molecule has 4 nitrogen and oxygen atoms in total. The van der Waals surface area contributed by atoms with E-state index in [0.717, 1.165) is 23.1 Å². The minimum absolute atomic E-state index is 0.263. The smallest absolute Gasteiger partial charge is 0.255 e. The van der Waals surface area contributed by atoms with E-state index in [1.807, 2.05) is 30.3 Å². The van der Waals surface area contributed by atoms with Crippen molar-refractivity contribution in [3.8, 4) is 11.5 Å². The van der Waals surface area contributed by atoms with Gasteiger partial charge in [0.25, 0.3) is 5.91 Å². The van der Waals surface area contributed by atoms with Gasteiger partial charge < -0.3 is 9.73 Å². The molecule has 0 aliphatic rings. The zero-order valence-corrected chi connectivity index (χ0v) is 18.1. The summed E-state index contributed by atoms with van der Waals surface area (Å²) in [5, 5.41) is 3.59. The summed E-state index contributed by atoms with van der Waals surface area (Å²) in [6.45, 7) is 4.37. The Bertz CT molecular complexity index is 1220. The summed E-state index contributed by atoms with van der Waals surface area (Å²) >= 11 is 11.9. The zero-order chi connectivity index (χ0) is 21.3. The monoisotopic (exact) mass is 438 g/mol. The highest BCUT2D eigenvalue weighted by Crippen LogP contribution is 2.29. The van der Waals surface area contributed by atoms with E-state index < -0.39 is 0 Å².